The van der Waals surface area contributed by atoms with E-state index in [0.29, 0.717) is 31.5 Å². The van der Waals surface area contributed by atoms with Crippen LogP contribution in [0, 0.1) is 23.3 Å². The van der Waals surface area contributed by atoms with E-state index in [1.807, 2.05) is 13.8 Å². The van der Waals surface area contributed by atoms with E-state index in [1.54, 1.807) is 18.2 Å². The molecule has 0 atom stereocenters. The summed E-state index contributed by atoms with van der Waals surface area (Å²) in [5, 5.41) is 0. The quantitative estimate of drug-likeness (QED) is 0.193. The summed E-state index contributed by atoms with van der Waals surface area (Å²) in [6, 6.07) is 8.05. The van der Waals surface area contributed by atoms with Crippen molar-refractivity contribution in [3.63, 3.8) is 0 Å². The highest BCUT2D eigenvalue weighted by atomic mass is 19.2. The van der Waals surface area contributed by atoms with Gasteiger partial charge in [-0.2, -0.15) is 0 Å². The minimum atomic E-state index is -1.51. The van der Waals surface area contributed by atoms with Gasteiger partial charge in [-0.3, -0.25) is 4.79 Å². The molecule has 2 aromatic rings. The first-order valence-electron chi connectivity index (χ1n) is 9.80. The fourth-order valence-corrected chi connectivity index (χ4v) is 2.95. The summed E-state index contributed by atoms with van der Waals surface area (Å²) in [4.78, 5) is 13.4. The third-order valence-corrected chi connectivity index (χ3v) is 4.61. The molecule has 2 aromatic carbocycles. The molecule has 0 radical (unpaired) electrons. The Morgan fingerprint density at radius 1 is 0.862 bits per heavy atom. The Morgan fingerprint density at radius 2 is 1.38 bits per heavy atom. The van der Waals surface area contributed by atoms with E-state index in [2.05, 4.69) is 0 Å². The van der Waals surface area contributed by atoms with Crippen molar-refractivity contribution in [3.8, 4) is 0 Å². The predicted octanol–water partition coefficient (Wildman–Crippen LogP) is 6.55. The fraction of sp³-hybridized carbons (Fsp3) is 0.348. The summed E-state index contributed by atoms with van der Waals surface area (Å²) in [6.45, 7) is 4.43. The molecule has 0 bridgehead atoms. The van der Waals surface area contributed by atoms with E-state index in [-0.39, 0.29) is 0 Å². The topological polar surface area (TPSA) is 20.3 Å². The second-order valence-electron chi connectivity index (χ2n) is 6.78. The van der Waals surface area contributed by atoms with Crippen molar-refractivity contribution < 1.29 is 22.4 Å². The number of allylic oxidation sites excluding steroid dienone is 1. The summed E-state index contributed by atoms with van der Waals surface area (Å²) in [7, 11) is 0. The van der Waals surface area contributed by atoms with E-state index in [1.165, 1.54) is 17.0 Å². The van der Waals surface area contributed by atoms with Crippen LogP contribution in [0.2, 0.25) is 0 Å². The van der Waals surface area contributed by atoms with Gasteiger partial charge >= 0.3 is 0 Å². The summed E-state index contributed by atoms with van der Waals surface area (Å²) in [6.07, 6.45) is 4.51. The number of hydrogen-bond acceptors (Lipinski definition) is 2. The zero-order chi connectivity index (χ0) is 21.4. The zero-order valence-electron chi connectivity index (χ0n) is 16.7. The Morgan fingerprint density at radius 3 is 1.86 bits per heavy atom. The SMILES string of the molecule is CCCCN(CCCC)c1c(F)c(F)c(C=CC(=O)c2ccccc2)c(F)c1F. The summed E-state index contributed by atoms with van der Waals surface area (Å²) < 4.78 is 58.6. The molecule has 0 saturated carbocycles. The molecule has 29 heavy (non-hydrogen) atoms. The van der Waals surface area contributed by atoms with E-state index >= 15 is 0 Å². The summed E-state index contributed by atoms with van der Waals surface area (Å²) in [5.74, 6) is -6.42. The predicted molar refractivity (Wildman–Crippen MR) is 108 cm³/mol. The molecule has 0 saturated heterocycles. The first-order chi connectivity index (χ1) is 13.9. The second kappa shape index (κ2) is 10.8. The molecule has 0 aromatic heterocycles. The molecule has 0 aliphatic heterocycles. The van der Waals surface area contributed by atoms with Crippen molar-refractivity contribution in [2.24, 2.45) is 0 Å². The molecule has 0 fully saturated rings. The average molecular weight is 407 g/mol. The number of hydrogen-bond donors (Lipinski definition) is 0. The van der Waals surface area contributed by atoms with Crippen LogP contribution < -0.4 is 4.90 Å². The van der Waals surface area contributed by atoms with Gasteiger partial charge < -0.3 is 4.90 Å². The van der Waals surface area contributed by atoms with Gasteiger partial charge in [0.25, 0.3) is 0 Å². The van der Waals surface area contributed by atoms with Crippen molar-refractivity contribution >= 4 is 17.5 Å². The lowest BCUT2D eigenvalue weighted by Crippen LogP contribution is -2.28. The van der Waals surface area contributed by atoms with Crippen molar-refractivity contribution in [2.75, 3.05) is 18.0 Å². The van der Waals surface area contributed by atoms with Crippen LogP contribution in [0.5, 0.6) is 0 Å². The number of anilines is 1. The Bertz CT molecular complexity index is 828. The van der Waals surface area contributed by atoms with Gasteiger partial charge in [0.1, 0.15) is 5.69 Å². The number of carbonyl (C=O) groups excluding carboxylic acids is 1. The molecule has 156 valence electrons. The maximum absolute atomic E-state index is 14.7. The zero-order valence-corrected chi connectivity index (χ0v) is 16.7. The fourth-order valence-electron chi connectivity index (χ4n) is 2.95. The van der Waals surface area contributed by atoms with Gasteiger partial charge in [-0.1, -0.05) is 57.0 Å². The summed E-state index contributed by atoms with van der Waals surface area (Å²) in [5.41, 5.74) is -1.29. The van der Waals surface area contributed by atoms with Crippen LogP contribution in [0.1, 0.15) is 55.5 Å². The molecule has 0 N–H and O–H groups in total. The minimum absolute atomic E-state index is 0.297. The van der Waals surface area contributed by atoms with Gasteiger partial charge in [0, 0.05) is 18.7 Å². The maximum Gasteiger partial charge on any atom is 0.185 e. The highest BCUT2D eigenvalue weighted by Crippen LogP contribution is 2.32. The Hall–Kier alpha value is -2.63. The summed E-state index contributed by atoms with van der Waals surface area (Å²) >= 11 is 0. The second-order valence-corrected chi connectivity index (χ2v) is 6.78. The molecule has 0 amide bonds. The third-order valence-electron chi connectivity index (χ3n) is 4.61. The first kappa shape index (κ1) is 22.7. The third kappa shape index (κ3) is 5.46. The number of rotatable bonds is 10. The largest absolute Gasteiger partial charge is 0.367 e. The Balaban J connectivity index is 2.42. The highest BCUT2D eigenvalue weighted by molar-refractivity contribution is 6.06. The van der Waals surface area contributed by atoms with Crippen molar-refractivity contribution in [1.29, 1.82) is 0 Å². The van der Waals surface area contributed by atoms with E-state index in [9.17, 15) is 22.4 Å². The van der Waals surface area contributed by atoms with Crippen LogP contribution in [0.3, 0.4) is 0 Å². The molecule has 0 aliphatic carbocycles. The Labute approximate surface area is 168 Å². The molecule has 0 unspecified atom stereocenters. The van der Waals surface area contributed by atoms with Gasteiger partial charge in [-0.15, -0.1) is 0 Å². The lowest BCUT2D eigenvalue weighted by molar-refractivity contribution is 0.104. The molecule has 2 nitrogen and oxygen atoms in total. The average Bonchev–Trinajstić information content (AvgIpc) is 2.74. The highest BCUT2D eigenvalue weighted by Gasteiger charge is 2.27. The smallest absolute Gasteiger partial charge is 0.185 e. The molecule has 2 rings (SSSR count). The standard InChI is InChI=1S/C23H25F4NO/c1-3-5-14-28(15-6-4-2)23-21(26)19(24)17(20(25)22(23)27)12-13-18(29)16-10-8-7-9-11-16/h7-13H,3-6,14-15H2,1-2H3. The Kier molecular flexibility index (Phi) is 8.43. The van der Waals surface area contributed by atoms with Crippen molar-refractivity contribution in [2.45, 2.75) is 39.5 Å². The molecule has 0 spiro atoms. The molecular formula is C23H25F4NO. The van der Waals surface area contributed by atoms with Crippen LogP contribution in [-0.2, 0) is 0 Å². The van der Waals surface area contributed by atoms with Crippen LogP contribution in [0.4, 0.5) is 23.2 Å². The molecule has 6 heteroatoms. The van der Waals surface area contributed by atoms with E-state index < -0.39 is 40.3 Å². The first-order valence-corrected chi connectivity index (χ1v) is 9.80. The monoisotopic (exact) mass is 407 g/mol. The van der Waals surface area contributed by atoms with E-state index in [4.69, 9.17) is 0 Å². The number of nitrogens with zero attached hydrogens (tertiary/aromatic N) is 1. The van der Waals surface area contributed by atoms with Crippen LogP contribution in [0.25, 0.3) is 6.08 Å². The number of halogens is 4. The van der Waals surface area contributed by atoms with Crippen molar-refractivity contribution in [1.82, 2.24) is 0 Å². The number of benzene rings is 2. The van der Waals surface area contributed by atoms with Gasteiger partial charge in [0.2, 0.25) is 0 Å². The minimum Gasteiger partial charge on any atom is -0.367 e. The molecular weight excluding hydrogens is 382 g/mol. The van der Waals surface area contributed by atoms with Crippen LogP contribution in [0.15, 0.2) is 36.4 Å². The van der Waals surface area contributed by atoms with E-state index in [0.717, 1.165) is 25.0 Å². The van der Waals surface area contributed by atoms with Crippen LogP contribution >= 0.6 is 0 Å². The normalized spacial score (nSPS) is 11.2. The van der Waals surface area contributed by atoms with Gasteiger partial charge in [-0.05, 0) is 25.0 Å². The number of ketones is 1. The maximum atomic E-state index is 14.7. The lowest BCUT2D eigenvalue weighted by Gasteiger charge is -2.26. The lowest BCUT2D eigenvalue weighted by atomic mass is 10.1. The number of unbranched alkanes of at least 4 members (excludes halogenated alkanes) is 2. The molecule has 0 heterocycles. The van der Waals surface area contributed by atoms with Gasteiger partial charge in [0.15, 0.2) is 29.1 Å². The number of carbonyl (C=O) groups is 1. The van der Waals surface area contributed by atoms with Crippen LogP contribution in [-0.4, -0.2) is 18.9 Å². The van der Waals surface area contributed by atoms with Gasteiger partial charge in [0.05, 0.1) is 5.56 Å². The van der Waals surface area contributed by atoms with Gasteiger partial charge in [-0.25, -0.2) is 17.6 Å². The molecule has 0 aliphatic rings. The van der Waals surface area contributed by atoms with Crippen molar-refractivity contribution in [3.05, 3.63) is 70.8 Å².